The molecule has 0 aliphatic heterocycles. The van der Waals surface area contributed by atoms with Gasteiger partial charge in [-0.3, -0.25) is 0 Å². The average Bonchev–Trinajstić information content (AvgIpc) is 1.41. The number of hydrogen-bond donors (Lipinski definition) is 0. The van der Waals surface area contributed by atoms with E-state index < -0.39 is 0 Å². The number of rotatable bonds is 2. The molecule has 0 bridgehead atoms. The molecule has 0 radical (unpaired) electrons. The van der Waals surface area contributed by atoms with Gasteiger partial charge in [0, 0.05) is 0 Å². The Balaban J connectivity index is 2.40. The van der Waals surface area contributed by atoms with Gasteiger partial charge in [-0.05, 0) is 0 Å². The summed E-state index contributed by atoms with van der Waals surface area (Å²) in [6, 6.07) is 0. The summed E-state index contributed by atoms with van der Waals surface area (Å²) in [6.45, 7) is 0.458. The van der Waals surface area contributed by atoms with E-state index in [1.54, 1.807) is 0 Å². The van der Waals surface area contributed by atoms with Crippen LogP contribution in [0.25, 0.3) is 0 Å². The SMILES string of the molecule is BCCN=O. The number of hydrogen-bond acceptors (Lipinski definition) is 2. The normalized spacial score (nSPS) is 7.20. The van der Waals surface area contributed by atoms with Gasteiger partial charge >= 0.3 is 0 Å². The Kier molecular flexibility index (Phi) is 3.42. The summed E-state index contributed by atoms with van der Waals surface area (Å²) in [6.07, 6.45) is 0.865. The zero-order chi connectivity index (χ0) is 4.12. The molecule has 0 aromatic rings. The van der Waals surface area contributed by atoms with E-state index in [1.165, 1.54) is 0 Å². The largest absolute Gasteiger partial charge is 0.151 e. The number of nitrogens with zero attached hydrogens (tertiary/aromatic N) is 1. The standard InChI is InChI=1S/C2H6BNO/c3-1-2-4-5/h1-3H2. The second-order valence-corrected chi connectivity index (χ2v) is 0.853. The lowest BCUT2D eigenvalue weighted by Crippen LogP contribution is -1.70. The molecule has 5 heavy (non-hydrogen) atoms. The van der Waals surface area contributed by atoms with Crippen molar-refractivity contribution < 1.29 is 0 Å². The first-order valence-corrected chi connectivity index (χ1v) is 1.71. The van der Waals surface area contributed by atoms with Crippen LogP contribution in [0, 0.1) is 4.91 Å². The number of nitroso groups, excluding NO2 is 1. The Morgan fingerprint density at radius 1 is 1.80 bits per heavy atom. The molecule has 0 aliphatic rings. The Hall–Kier alpha value is -0.335. The molecule has 0 N–H and O–H groups in total. The van der Waals surface area contributed by atoms with E-state index in [-0.39, 0.29) is 0 Å². The third-order valence-corrected chi connectivity index (χ3v) is 0.315. The van der Waals surface area contributed by atoms with Crippen LogP contribution in [0.5, 0.6) is 0 Å². The van der Waals surface area contributed by atoms with E-state index in [0.29, 0.717) is 6.54 Å². The fraction of sp³-hybridized carbons (Fsp3) is 1.00. The van der Waals surface area contributed by atoms with E-state index in [0.717, 1.165) is 6.32 Å². The fourth-order valence-corrected chi connectivity index (χ4v) is 0.0913. The van der Waals surface area contributed by atoms with Gasteiger partial charge < -0.3 is 0 Å². The summed E-state index contributed by atoms with van der Waals surface area (Å²) in [5.41, 5.74) is 0. The maximum Gasteiger partial charge on any atom is 0.103 e. The van der Waals surface area contributed by atoms with Crippen molar-refractivity contribution in [2.24, 2.45) is 5.18 Å². The molecule has 0 saturated heterocycles. The fourth-order valence-electron chi connectivity index (χ4n) is 0.0913. The van der Waals surface area contributed by atoms with Gasteiger partial charge in [-0.25, -0.2) is 0 Å². The molecular formula is C2H6BNO. The molecular weight excluding hydrogens is 64.8 g/mol. The first kappa shape index (κ1) is 4.66. The van der Waals surface area contributed by atoms with Crippen molar-refractivity contribution >= 4 is 7.85 Å². The van der Waals surface area contributed by atoms with Crippen LogP contribution in [-0.4, -0.2) is 14.4 Å². The molecule has 0 spiro atoms. The summed E-state index contributed by atoms with van der Waals surface area (Å²) in [7, 11) is 1.92. The Bertz CT molecular complexity index is 30.8. The maximum absolute atomic E-state index is 9.15. The van der Waals surface area contributed by atoms with Gasteiger partial charge in [0.2, 0.25) is 0 Å². The third kappa shape index (κ3) is 3.66. The summed E-state index contributed by atoms with van der Waals surface area (Å²) < 4.78 is 0. The van der Waals surface area contributed by atoms with Crippen LogP contribution in [0.2, 0.25) is 6.32 Å². The van der Waals surface area contributed by atoms with Gasteiger partial charge in [0.1, 0.15) is 7.85 Å². The topological polar surface area (TPSA) is 29.4 Å². The van der Waals surface area contributed by atoms with E-state index in [2.05, 4.69) is 5.18 Å². The zero-order valence-electron chi connectivity index (χ0n) is 3.27. The lowest BCUT2D eigenvalue weighted by molar-refractivity contribution is 1.11. The van der Waals surface area contributed by atoms with Gasteiger partial charge in [-0.15, -0.1) is 0 Å². The van der Waals surface area contributed by atoms with Crippen molar-refractivity contribution in [3.63, 3.8) is 0 Å². The molecule has 28 valence electrons. The van der Waals surface area contributed by atoms with Crippen LogP contribution >= 0.6 is 0 Å². The molecule has 0 atom stereocenters. The predicted octanol–water partition coefficient (Wildman–Crippen LogP) is -0.196. The Labute approximate surface area is 32.0 Å². The molecule has 0 rings (SSSR count). The lowest BCUT2D eigenvalue weighted by atomic mass is 10.1. The molecule has 0 amide bonds. The highest BCUT2D eigenvalue weighted by atomic mass is 16.3. The van der Waals surface area contributed by atoms with Crippen LogP contribution in [0.1, 0.15) is 0 Å². The minimum Gasteiger partial charge on any atom is -0.151 e. The summed E-state index contributed by atoms with van der Waals surface area (Å²) in [5.74, 6) is 0. The van der Waals surface area contributed by atoms with E-state index in [4.69, 9.17) is 4.91 Å². The molecule has 0 fully saturated rings. The monoisotopic (exact) mass is 71.1 g/mol. The highest BCUT2D eigenvalue weighted by Gasteiger charge is 1.67. The highest BCUT2D eigenvalue weighted by molar-refractivity contribution is 6.08. The minimum atomic E-state index is 0.458. The summed E-state index contributed by atoms with van der Waals surface area (Å²) in [5, 5.41) is 2.60. The maximum atomic E-state index is 9.15. The molecule has 0 saturated carbocycles. The second kappa shape index (κ2) is 3.66. The third-order valence-electron chi connectivity index (χ3n) is 0.315. The second-order valence-electron chi connectivity index (χ2n) is 0.853. The Morgan fingerprint density at radius 3 is 2.40 bits per heavy atom. The van der Waals surface area contributed by atoms with Gasteiger partial charge in [-0.1, -0.05) is 11.5 Å². The van der Waals surface area contributed by atoms with Crippen molar-refractivity contribution in [1.82, 2.24) is 0 Å². The lowest BCUT2D eigenvalue weighted by Gasteiger charge is -1.67. The molecule has 0 aromatic carbocycles. The van der Waals surface area contributed by atoms with Gasteiger partial charge in [0.25, 0.3) is 0 Å². The van der Waals surface area contributed by atoms with Gasteiger partial charge in [0.15, 0.2) is 0 Å². The van der Waals surface area contributed by atoms with Crippen molar-refractivity contribution in [1.29, 1.82) is 0 Å². The molecule has 2 nitrogen and oxygen atoms in total. The predicted molar refractivity (Wildman–Crippen MR) is 24.0 cm³/mol. The minimum absolute atomic E-state index is 0.458. The average molecular weight is 70.9 g/mol. The smallest absolute Gasteiger partial charge is 0.103 e. The zero-order valence-corrected chi connectivity index (χ0v) is 3.27. The Morgan fingerprint density at radius 2 is 2.40 bits per heavy atom. The molecule has 0 unspecified atom stereocenters. The van der Waals surface area contributed by atoms with Crippen LogP contribution in [0.15, 0.2) is 5.18 Å². The molecule has 3 heteroatoms. The van der Waals surface area contributed by atoms with Crippen LogP contribution in [0.3, 0.4) is 0 Å². The van der Waals surface area contributed by atoms with Crippen molar-refractivity contribution in [2.75, 3.05) is 6.54 Å². The van der Waals surface area contributed by atoms with E-state index >= 15 is 0 Å². The van der Waals surface area contributed by atoms with Crippen LogP contribution in [0.4, 0.5) is 0 Å². The first-order chi connectivity index (χ1) is 2.41. The summed E-state index contributed by atoms with van der Waals surface area (Å²) in [4.78, 5) is 9.15. The van der Waals surface area contributed by atoms with Crippen LogP contribution < -0.4 is 0 Å². The van der Waals surface area contributed by atoms with Crippen molar-refractivity contribution in [3.8, 4) is 0 Å². The quantitative estimate of drug-likeness (QED) is 0.327. The van der Waals surface area contributed by atoms with E-state index in [9.17, 15) is 0 Å². The van der Waals surface area contributed by atoms with Gasteiger partial charge in [0.05, 0.1) is 6.54 Å². The van der Waals surface area contributed by atoms with E-state index in [1.807, 2.05) is 7.85 Å². The van der Waals surface area contributed by atoms with Crippen molar-refractivity contribution in [2.45, 2.75) is 6.32 Å². The highest BCUT2D eigenvalue weighted by Crippen LogP contribution is 1.67. The molecule has 0 aliphatic carbocycles. The first-order valence-electron chi connectivity index (χ1n) is 1.71. The molecule has 0 heterocycles. The molecule has 0 aromatic heterocycles. The summed E-state index contributed by atoms with van der Waals surface area (Å²) >= 11 is 0. The van der Waals surface area contributed by atoms with Crippen LogP contribution in [-0.2, 0) is 0 Å². The van der Waals surface area contributed by atoms with Gasteiger partial charge in [-0.2, -0.15) is 4.91 Å². The van der Waals surface area contributed by atoms with Crippen molar-refractivity contribution in [3.05, 3.63) is 4.91 Å².